The standard InChI is InChI=1S/C23H27Cl2N3O4/c1-6-28-18(12-24)19(13(2)26-28)20-17(25)10-9-16-15(8-7-11-32-14(3)29)22(23(30)31-5)27(4)21(16)20/h9-10H,6-8,11-12H2,1-5H3. The first-order valence-electron chi connectivity index (χ1n) is 10.4. The van der Waals surface area contributed by atoms with Gasteiger partial charge in [-0.1, -0.05) is 17.7 Å². The number of benzene rings is 1. The van der Waals surface area contributed by atoms with Gasteiger partial charge in [0.1, 0.15) is 5.69 Å². The molecule has 7 nitrogen and oxygen atoms in total. The Kier molecular flexibility index (Phi) is 7.51. The van der Waals surface area contributed by atoms with Gasteiger partial charge in [-0.05, 0) is 38.3 Å². The Bertz CT molecular complexity index is 1180. The Labute approximate surface area is 197 Å². The van der Waals surface area contributed by atoms with Gasteiger partial charge in [-0.25, -0.2) is 4.79 Å². The number of alkyl halides is 1. The number of esters is 2. The molecule has 3 rings (SSSR count). The molecule has 0 atom stereocenters. The largest absolute Gasteiger partial charge is 0.466 e. The van der Waals surface area contributed by atoms with Crippen LogP contribution in [0.4, 0.5) is 0 Å². The molecule has 0 aliphatic heterocycles. The van der Waals surface area contributed by atoms with Gasteiger partial charge in [0.05, 0.1) is 41.5 Å². The Morgan fingerprint density at radius 1 is 1.22 bits per heavy atom. The van der Waals surface area contributed by atoms with Crippen molar-refractivity contribution < 1.29 is 19.1 Å². The van der Waals surface area contributed by atoms with E-state index in [1.54, 1.807) is 0 Å². The predicted octanol–water partition coefficient (Wildman–Crippen LogP) is 5.04. The van der Waals surface area contributed by atoms with Gasteiger partial charge >= 0.3 is 11.9 Å². The number of hydrogen-bond acceptors (Lipinski definition) is 5. The van der Waals surface area contributed by atoms with Crippen LogP contribution in [0.2, 0.25) is 5.02 Å². The third-order valence-corrected chi connectivity index (χ3v) is 6.14. The van der Waals surface area contributed by atoms with Gasteiger partial charge in [0, 0.05) is 37.0 Å². The summed E-state index contributed by atoms with van der Waals surface area (Å²) in [5.74, 6) is -0.491. The number of methoxy groups -OCH3 is 1. The Morgan fingerprint density at radius 3 is 2.53 bits per heavy atom. The minimum atomic E-state index is -0.438. The number of aromatic nitrogens is 3. The van der Waals surface area contributed by atoms with Crippen LogP contribution in [0.1, 0.15) is 47.7 Å². The quantitative estimate of drug-likeness (QED) is 0.256. The lowest BCUT2D eigenvalue weighted by Gasteiger charge is -2.11. The Balaban J connectivity index is 2.29. The van der Waals surface area contributed by atoms with E-state index < -0.39 is 5.97 Å². The molecule has 0 saturated carbocycles. The highest BCUT2D eigenvalue weighted by atomic mass is 35.5. The normalized spacial score (nSPS) is 11.2. The van der Waals surface area contributed by atoms with Crippen LogP contribution in [0.5, 0.6) is 0 Å². The van der Waals surface area contributed by atoms with E-state index in [9.17, 15) is 9.59 Å². The van der Waals surface area contributed by atoms with Crippen molar-refractivity contribution >= 4 is 46.0 Å². The van der Waals surface area contributed by atoms with Crippen molar-refractivity contribution in [1.29, 1.82) is 0 Å². The molecule has 0 amide bonds. The van der Waals surface area contributed by atoms with E-state index >= 15 is 0 Å². The van der Waals surface area contributed by atoms with Crippen molar-refractivity contribution in [3.63, 3.8) is 0 Å². The summed E-state index contributed by atoms with van der Waals surface area (Å²) in [5, 5.41) is 6.07. The molecule has 32 heavy (non-hydrogen) atoms. The number of hydrogen-bond donors (Lipinski definition) is 0. The van der Waals surface area contributed by atoms with Gasteiger partial charge < -0.3 is 14.0 Å². The molecule has 0 fully saturated rings. The summed E-state index contributed by atoms with van der Waals surface area (Å²) in [6, 6.07) is 3.74. The minimum Gasteiger partial charge on any atom is -0.466 e. The zero-order valence-electron chi connectivity index (χ0n) is 18.9. The van der Waals surface area contributed by atoms with Gasteiger partial charge in [0.15, 0.2) is 0 Å². The molecule has 2 aromatic heterocycles. The first-order chi connectivity index (χ1) is 15.3. The van der Waals surface area contributed by atoms with Crippen LogP contribution in [0.15, 0.2) is 12.1 Å². The molecule has 0 bridgehead atoms. The summed E-state index contributed by atoms with van der Waals surface area (Å²) in [6.07, 6.45) is 1.10. The van der Waals surface area contributed by atoms with Gasteiger partial charge in [0.2, 0.25) is 0 Å². The van der Waals surface area contributed by atoms with Crippen molar-refractivity contribution in [2.24, 2.45) is 7.05 Å². The van der Waals surface area contributed by atoms with E-state index in [2.05, 4.69) is 5.10 Å². The molecule has 0 aliphatic rings. The molecule has 2 heterocycles. The molecule has 0 unspecified atom stereocenters. The highest BCUT2D eigenvalue weighted by Crippen LogP contribution is 2.42. The molecule has 0 saturated heterocycles. The molecule has 0 radical (unpaired) electrons. The van der Waals surface area contributed by atoms with E-state index in [-0.39, 0.29) is 18.5 Å². The number of carbonyl (C=O) groups excluding carboxylic acids is 2. The third-order valence-electron chi connectivity index (χ3n) is 5.57. The van der Waals surface area contributed by atoms with Crippen LogP contribution in [0.3, 0.4) is 0 Å². The van der Waals surface area contributed by atoms with E-state index in [1.165, 1.54) is 14.0 Å². The summed E-state index contributed by atoms with van der Waals surface area (Å²) in [4.78, 5) is 23.9. The van der Waals surface area contributed by atoms with Crippen LogP contribution >= 0.6 is 23.2 Å². The summed E-state index contributed by atoms with van der Waals surface area (Å²) >= 11 is 13.0. The number of ether oxygens (including phenoxy) is 2. The van der Waals surface area contributed by atoms with Crippen molar-refractivity contribution in [2.45, 2.75) is 46.0 Å². The zero-order valence-corrected chi connectivity index (χ0v) is 20.4. The maximum atomic E-state index is 12.7. The Morgan fingerprint density at radius 2 is 1.94 bits per heavy atom. The van der Waals surface area contributed by atoms with Gasteiger partial charge in [-0.2, -0.15) is 5.10 Å². The van der Waals surface area contributed by atoms with Crippen LogP contribution in [-0.2, 0) is 40.2 Å². The summed E-state index contributed by atoms with van der Waals surface area (Å²) < 4.78 is 13.9. The summed E-state index contributed by atoms with van der Waals surface area (Å²) in [5.41, 5.74) is 5.43. The van der Waals surface area contributed by atoms with Crippen molar-refractivity contribution in [3.05, 3.63) is 39.8 Å². The fraction of sp³-hybridized carbons (Fsp3) is 0.435. The van der Waals surface area contributed by atoms with Crippen LogP contribution in [0, 0.1) is 6.92 Å². The topological polar surface area (TPSA) is 75.3 Å². The monoisotopic (exact) mass is 479 g/mol. The Hall–Kier alpha value is -2.51. The molecule has 3 aromatic rings. The molecular weight excluding hydrogens is 453 g/mol. The lowest BCUT2D eigenvalue weighted by atomic mass is 9.98. The molecule has 1 aromatic carbocycles. The second-order valence-electron chi connectivity index (χ2n) is 7.50. The van der Waals surface area contributed by atoms with E-state index in [1.807, 2.05) is 42.3 Å². The number of fused-ring (bicyclic) bond motifs is 1. The minimum absolute atomic E-state index is 0.269. The van der Waals surface area contributed by atoms with Crippen molar-refractivity contribution in [1.82, 2.24) is 14.3 Å². The predicted molar refractivity (Wildman–Crippen MR) is 125 cm³/mol. The van der Waals surface area contributed by atoms with Gasteiger partial charge in [0.25, 0.3) is 0 Å². The molecule has 172 valence electrons. The highest BCUT2D eigenvalue weighted by Gasteiger charge is 2.27. The fourth-order valence-electron chi connectivity index (χ4n) is 4.26. The maximum absolute atomic E-state index is 12.7. The fourth-order valence-corrected chi connectivity index (χ4v) is 4.78. The SMILES string of the molecule is CCn1nc(C)c(-c2c(Cl)ccc3c(CCCOC(C)=O)c(C(=O)OC)n(C)c23)c1CCl. The number of halogens is 2. The molecule has 0 N–H and O–H groups in total. The first-order valence-corrected chi connectivity index (χ1v) is 11.3. The van der Waals surface area contributed by atoms with Crippen LogP contribution < -0.4 is 0 Å². The molecule has 9 heteroatoms. The van der Waals surface area contributed by atoms with Crippen molar-refractivity contribution in [2.75, 3.05) is 13.7 Å². The second kappa shape index (κ2) is 9.96. The lowest BCUT2D eigenvalue weighted by molar-refractivity contribution is -0.141. The van der Waals surface area contributed by atoms with E-state index in [0.29, 0.717) is 30.1 Å². The van der Waals surface area contributed by atoms with Gasteiger partial charge in [-0.15, -0.1) is 11.6 Å². The van der Waals surface area contributed by atoms with Gasteiger partial charge in [-0.3, -0.25) is 9.48 Å². The average Bonchev–Trinajstić information content (AvgIpc) is 3.24. The molecule has 0 spiro atoms. The highest BCUT2D eigenvalue weighted by molar-refractivity contribution is 6.35. The smallest absolute Gasteiger partial charge is 0.354 e. The van der Waals surface area contributed by atoms with Crippen molar-refractivity contribution in [3.8, 4) is 11.1 Å². The number of aryl methyl sites for hydroxylation is 4. The van der Waals surface area contributed by atoms with E-state index in [0.717, 1.165) is 39.0 Å². The number of rotatable bonds is 8. The number of carbonyl (C=O) groups is 2. The number of nitrogens with zero attached hydrogens (tertiary/aromatic N) is 3. The lowest BCUT2D eigenvalue weighted by Crippen LogP contribution is -2.11. The van der Waals surface area contributed by atoms with Crippen LogP contribution in [0.25, 0.3) is 22.0 Å². The molecule has 0 aliphatic carbocycles. The molecular formula is C23H27Cl2N3O4. The first kappa shape index (κ1) is 24.1. The zero-order chi connectivity index (χ0) is 23.6. The third kappa shape index (κ3) is 4.24. The van der Waals surface area contributed by atoms with Crippen LogP contribution in [-0.4, -0.2) is 40.0 Å². The summed E-state index contributed by atoms with van der Waals surface area (Å²) in [7, 11) is 3.18. The maximum Gasteiger partial charge on any atom is 0.354 e. The summed E-state index contributed by atoms with van der Waals surface area (Å²) in [6.45, 7) is 6.26. The second-order valence-corrected chi connectivity index (χ2v) is 8.17. The van der Waals surface area contributed by atoms with E-state index in [4.69, 9.17) is 32.7 Å². The average molecular weight is 480 g/mol.